The molecule has 0 radical (unpaired) electrons. The Balaban J connectivity index is 2.18. The maximum Gasteiger partial charge on any atom is 0.372 e. The van der Waals surface area contributed by atoms with Gasteiger partial charge in [0, 0.05) is 17.6 Å². The van der Waals surface area contributed by atoms with Gasteiger partial charge in [0.05, 0.1) is 5.39 Å². The second-order valence-electron chi connectivity index (χ2n) is 6.02. The summed E-state index contributed by atoms with van der Waals surface area (Å²) in [4.78, 5) is 11.1. The van der Waals surface area contributed by atoms with Crippen molar-refractivity contribution in [3.05, 3.63) is 29.5 Å². The number of aryl methyl sites for hydroxylation is 1. The molecular formula is C16H21NO4. The van der Waals surface area contributed by atoms with Gasteiger partial charge in [-0.05, 0) is 39.8 Å². The number of furan rings is 1. The molecule has 114 valence electrons. The topological polar surface area (TPSA) is 71.7 Å². The lowest BCUT2D eigenvalue weighted by atomic mass is 10.1. The Morgan fingerprint density at radius 2 is 2.10 bits per heavy atom. The lowest BCUT2D eigenvalue weighted by Gasteiger charge is -2.20. The van der Waals surface area contributed by atoms with Crippen LogP contribution in [-0.4, -0.2) is 29.8 Å². The molecule has 0 bridgehead atoms. The normalized spacial score (nSPS) is 11.8. The van der Waals surface area contributed by atoms with E-state index in [2.05, 4.69) is 26.1 Å². The van der Waals surface area contributed by atoms with Crippen LogP contribution in [0.25, 0.3) is 11.0 Å². The van der Waals surface area contributed by atoms with Crippen molar-refractivity contribution in [1.29, 1.82) is 0 Å². The van der Waals surface area contributed by atoms with E-state index in [4.69, 9.17) is 14.3 Å². The molecule has 1 heterocycles. The quantitative estimate of drug-likeness (QED) is 0.828. The van der Waals surface area contributed by atoms with Gasteiger partial charge in [0.25, 0.3) is 0 Å². The number of carboxylic acid groups (broad SMARTS) is 1. The number of benzene rings is 1. The number of fused-ring (bicyclic) bond motifs is 1. The highest BCUT2D eigenvalue weighted by molar-refractivity contribution is 5.97. The van der Waals surface area contributed by atoms with Crippen LogP contribution < -0.4 is 10.1 Å². The number of rotatable bonds is 5. The van der Waals surface area contributed by atoms with E-state index < -0.39 is 5.97 Å². The van der Waals surface area contributed by atoms with Crippen LogP contribution in [0.4, 0.5) is 0 Å². The number of aromatic carboxylic acids is 1. The fraction of sp³-hybridized carbons (Fsp3) is 0.438. The molecule has 1 aromatic carbocycles. The minimum Gasteiger partial charge on any atom is -0.491 e. The SMILES string of the molecule is Cc1c(C(=O)O)oc2cccc(OCCNC(C)(C)C)c12. The van der Waals surface area contributed by atoms with Crippen molar-refractivity contribution in [3.8, 4) is 5.75 Å². The van der Waals surface area contributed by atoms with Gasteiger partial charge in [-0.2, -0.15) is 0 Å². The Kier molecular flexibility index (Phi) is 4.23. The van der Waals surface area contributed by atoms with Gasteiger partial charge in [-0.3, -0.25) is 0 Å². The maximum absolute atomic E-state index is 11.1. The lowest BCUT2D eigenvalue weighted by Crippen LogP contribution is -2.38. The lowest BCUT2D eigenvalue weighted by molar-refractivity contribution is 0.0664. The van der Waals surface area contributed by atoms with Crippen LogP contribution in [-0.2, 0) is 0 Å². The van der Waals surface area contributed by atoms with Crippen LogP contribution in [0, 0.1) is 6.92 Å². The Labute approximate surface area is 123 Å². The Bertz CT molecular complexity index is 652. The molecule has 21 heavy (non-hydrogen) atoms. The monoisotopic (exact) mass is 291 g/mol. The fourth-order valence-corrected chi connectivity index (χ4v) is 2.18. The van der Waals surface area contributed by atoms with Crippen LogP contribution in [0.1, 0.15) is 36.9 Å². The van der Waals surface area contributed by atoms with Crippen molar-refractivity contribution < 1.29 is 19.1 Å². The van der Waals surface area contributed by atoms with E-state index in [-0.39, 0.29) is 11.3 Å². The Hall–Kier alpha value is -2.01. The summed E-state index contributed by atoms with van der Waals surface area (Å²) >= 11 is 0. The van der Waals surface area contributed by atoms with E-state index in [9.17, 15) is 4.79 Å². The van der Waals surface area contributed by atoms with Gasteiger partial charge in [-0.25, -0.2) is 4.79 Å². The zero-order valence-electron chi connectivity index (χ0n) is 12.8. The largest absolute Gasteiger partial charge is 0.491 e. The summed E-state index contributed by atoms with van der Waals surface area (Å²) in [6, 6.07) is 5.37. The van der Waals surface area contributed by atoms with Crippen LogP contribution in [0.3, 0.4) is 0 Å². The second kappa shape index (κ2) is 5.77. The number of nitrogens with one attached hydrogen (secondary N) is 1. The average molecular weight is 291 g/mol. The van der Waals surface area contributed by atoms with Crippen molar-refractivity contribution in [2.24, 2.45) is 0 Å². The fourth-order valence-electron chi connectivity index (χ4n) is 2.18. The molecule has 5 heteroatoms. The van der Waals surface area contributed by atoms with Crippen molar-refractivity contribution in [2.45, 2.75) is 33.2 Å². The van der Waals surface area contributed by atoms with E-state index >= 15 is 0 Å². The van der Waals surface area contributed by atoms with Gasteiger partial charge >= 0.3 is 5.97 Å². The summed E-state index contributed by atoms with van der Waals surface area (Å²) < 4.78 is 11.1. The molecule has 5 nitrogen and oxygen atoms in total. The van der Waals surface area contributed by atoms with Gasteiger partial charge < -0.3 is 19.6 Å². The zero-order valence-corrected chi connectivity index (χ0v) is 12.8. The van der Waals surface area contributed by atoms with Gasteiger partial charge in [0.2, 0.25) is 5.76 Å². The standard InChI is InChI=1S/C16H21NO4/c1-10-13-11(20-9-8-17-16(2,3)4)6-5-7-12(13)21-14(10)15(18)19/h5-7,17H,8-9H2,1-4H3,(H,18,19). The molecule has 2 rings (SSSR count). The van der Waals surface area contributed by atoms with Crippen molar-refractivity contribution in [3.63, 3.8) is 0 Å². The van der Waals surface area contributed by atoms with Crippen molar-refractivity contribution in [2.75, 3.05) is 13.2 Å². The first-order valence-corrected chi connectivity index (χ1v) is 6.93. The first kappa shape index (κ1) is 15.4. The van der Waals surface area contributed by atoms with E-state index in [0.29, 0.717) is 30.0 Å². The zero-order chi connectivity index (χ0) is 15.6. The third-order valence-corrected chi connectivity index (χ3v) is 3.12. The van der Waals surface area contributed by atoms with E-state index in [1.807, 2.05) is 6.07 Å². The molecule has 0 aliphatic rings. The highest BCUT2D eigenvalue weighted by Gasteiger charge is 2.19. The van der Waals surface area contributed by atoms with Crippen LogP contribution in [0.5, 0.6) is 5.75 Å². The van der Waals surface area contributed by atoms with Crippen molar-refractivity contribution >= 4 is 16.9 Å². The third-order valence-electron chi connectivity index (χ3n) is 3.12. The predicted molar refractivity (Wildman–Crippen MR) is 81.2 cm³/mol. The molecule has 0 atom stereocenters. The van der Waals surface area contributed by atoms with Gasteiger partial charge in [-0.15, -0.1) is 0 Å². The van der Waals surface area contributed by atoms with Gasteiger partial charge in [-0.1, -0.05) is 6.07 Å². The van der Waals surface area contributed by atoms with Crippen molar-refractivity contribution in [1.82, 2.24) is 5.32 Å². The molecule has 2 aromatic rings. The van der Waals surface area contributed by atoms with Gasteiger partial charge in [0.1, 0.15) is 17.9 Å². The maximum atomic E-state index is 11.1. The molecule has 0 aliphatic carbocycles. The number of ether oxygens (including phenoxy) is 1. The number of hydrogen-bond acceptors (Lipinski definition) is 4. The summed E-state index contributed by atoms with van der Waals surface area (Å²) in [5.74, 6) is -0.449. The Morgan fingerprint density at radius 1 is 1.38 bits per heavy atom. The molecule has 0 saturated heterocycles. The summed E-state index contributed by atoms with van der Waals surface area (Å²) in [5.41, 5.74) is 1.17. The summed E-state index contributed by atoms with van der Waals surface area (Å²) in [5, 5.41) is 13.2. The molecule has 0 amide bonds. The van der Waals surface area contributed by atoms with Crippen LogP contribution in [0.15, 0.2) is 22.6 Å². The number of carboxylic acids is 1. The molecule has 0 aliphatic heterocycles. The molecule has 0 fully saturated rings. The summed E-state index contributed by atoms with van der Waals surface area (Å²) in [6.07, 6.45) is 0. The van der Waals surface area contributed by atoms with Gasteiger partial charge in [0.15, 0.2) is 0 Å². The molecule has 0 saturated carbocycles. The minimum atomic E-state index is -1.07. The first-order valence-electron chi connectivity index (χ1n) is 6.93. The highest BCUT2D eigenvalue weighted by Crippen LogP contribution is 2.33. The first-order chi connectivity index (χ1) is 9.79. The third kappa shape index (κ3) is 3.55. The molecule has 0 spiro atoms. The molecule has 2 N–H and O–H groups in total. The smallest absolute Gasteiger partial charge is 0.372 e. The van der Waals surface area contributed by atoms with Crippen LogP contribution >= 0.6 is 0 Å². The second-order valence-corrected chi connectivity index (χ2v) is 6.02. The molecule has 0 unspecified atom stereocenters. The number of hydrogen-bond donors (Lipinski definition) is 2. The summed E-state index contributed by atoms with van der Waals surface area (Å²) in [7, 11) is 0. The molecule has 1 aromatic heterocycles. The minimum absolute atomic E-state index is 0.0335. The predicted octanol–water partition coefficient (Wildman–Crippen LogP) is 3.21. The van der Waals surface area contributed by atoms with E-state index in [1.54, 1.807) is 19.1 Å². The van der Waals surface area contributed by atoms with Crippen LogP contribution in [0.2, 0.25) is 0 Å². The van der Waals surface area contributed by atoms with E-state index in [1.165, 1.54) is 0 Å². The molecular weight excluding hydrogens is 270 g/mol. The highest BCUT2D eigenvalue weighted by atomic mass is 16.5. The Morgan fingerprint density at radius 3 is 2.71 bits per heavy atom. The number of carbonyl (C=O) groups is 1. The average Bonchev–Trinajstić information content (AvgIpc) is 2.72. The summed E-state index contributed by atoms with van der Waals surface area (Å²) in [6.45, 7) is 9.22. The van der Waals surface area contributed by atoms with E-state index in [0.717, 1.165) is 5.39 Å².